The van der Waals surface area contributed by atoms with Crippen LogP contribution in [0.5, 0.6) is 0 Å². The summed E-state index contributed by atoms with van der Waals surface area (Å²) in [5, 5.41) is 17.6. The van der Waals surface area contributed by atoms with Crippen LogP contribution >= 0.6 is 0 Å². The van der Waals surface area contributed by atoms with Crippen molar-refractivity contribution >= 4 is 17.3 Å². The second-order valence-electron chi connectivity index (χ2n) is 4.49. The van der Waals surface area contributed by atoms with Crippen molar-refractivity contribution in [2.75, 3.05) is 5.32 Å². The molecule has 1 heterocycles. The molecule has 2 rings (SSSR count). The third kappa shape index (κ3) is 2.51. The maximum atomic E-state index is 12.1. The van der Waals surface area contributed by atoms with Crippen LogP contribution in [0, 0.1) is 24.0 Å². The van der Waals surface area contributed by atoms with Crippen LogP contribution in [-0.4, -0.2) is 20.6 Å². The standard InChI is InChI=1S/C13H14N4O3/c1-8-5-4-6-10(7-8)14-13(18)11-12(17(19)20)9(2)16(3)15-11/h4-7H,1-3H3,(H,14,18). The monoisotopic (exact) mass is 274 g/mol. The number of nitro groups is 1. The van der Waals surface area contributed by atoms with Crippen LogP contribution in [-0.2, 0) is 7.05 Å². The van der Waals surface area contributed by atoms with E-state index in [1.54, 1.807) is 32.2 Å². The minimum Gasteiger partial charge on any atom is -0.320 e. The predicted octanol–water partition coefficient (Wildman–Crippen LogP) is 2.20. The zero-order valence-corrected chi connectivity index (χ0v) is 11.4. The Hall–Kier alpha value is -2.70. The minimum absolute atomic E-state index is 0.184. The molecule has 0 spiro atoms. The van der Waals surface area contributed by atoms with E-state index in [1.807, 2.05) is 13.0 Å². The van der Waals surface area contributed by atoms with E-state index in [-0.39, 0.29) is 11.4 Å². The van der Waals surface area contributed by atoms with Crippen molar-refractivity contribution in [3.05, 3.63) is 51.3 Å². The Morgan fingerprint density at radius 2 is 2.10 bits per heavy atom. The average Bonchev–Trinajstić information content (AvgIpc) is 2.66. The molecular formula is C13H14N4O3. The van der Waals surface area contributed by atoms with Gasteiger partial charge in [-0.3, -0.25) is 19.6 Å². The molecular weight excluding hydrogens is 260 g/mol. The Bertz CT molecular complexity index is 691. The van der Waals surface area contributed by atoms with Gasteiger partial charge in [-0.15, -0.1) is 0 Å². The van der Waals surface area contributed by atoms with Crippen LogP contribution in [0.1, 0.15) is 21.7 Å². The SMILES string of the molecule is Cc1cccc(NC(=O)c2nn(C)c(C)c2[N+](=O)[O-])c1. The fourth-order valence-electron chi connectivity index (χ4n) is 1.88. The molecule has 0 atom stereocenters. The van der Waals surface area contributed by atoms with Crippen molar-refractivity contribution in [2.24, 2.45) is 7.05 Å². The molecule has 1 aromatic carbocycles. The van der Waals surface area contributed by atoms with Crippen LogP contribution in [0.15, 0.2) is 24.3 Å². The number of amides is 1. The molecule has 0 bridgehead atoms. The number of hydrogen-bond donors (Lipinski definition) is 1. The van der Waals surface area contributed by atoms with Crippen molar-refractivity contribution in [3.8, 4) is 0 Å². The predicted molar refractivity (Wildman–Crippen MR) is 73.7 cm³/mol. The van der Waals surface area contributed by atoms with Crippen LogP contribution in [0.3, 0.4) is 0 Å². The van der Waals surface area contributed by atoms with Crippen LogP contribution in [0.2, 0.25) is 0 Å². The van der Waals surface area contributed by atoms with Crippen LogP contribution < -0.4 is 5.32 Å². The lowest BCUT2D eigenvalue weighted by molar-refractivity contribution is -0.385. The number of aromatic nitrogens is 2. The van der Waals surface area contributed by atoms with Crippen molar-refractivity contribution in [2.45, 2.75) is 13.8 Å². The highest BCUT2D eigenvalue weighted by atomic mass is 16.6. The molecule has 104 valence electrons. The summed E-state index contributed by atoms with van der Waals surface area (Å²) in [5.74, 6) is -0.592. The lowest BCUT2D eigenvalue weighted by Crippen LogP contribution is -2.14. The molecule has 2 aromatic rings. The molecule has 0 unspecified atom stereocenters. The summed E-state index contributed by atoms with van der Waals surface area (Å²) < 4.78 is 1.32. The molecule has 0 aliphatic heterocycles. The normalized spacial score (nSPS) is 10.3. The third-order valence-corrected chi connectivity index (χ3v) is 2.98. The summed E-state index contributed by atoms with van der Waals surface area (Å²) >= 11 is 0. The van der Waals surface area contributed by atoms with E-state index in [0.29, 0.717) is 11.4 Å². The van der Waals surface area contributed by atoms with E-state index in [4.69, 9.17) is 0 Å². The summed E-state index contributed by atoms with van der Waals surface area (Å²) in [6, 6.07) is 7.18. The first-order valence-corrected chi connectivity index (χ1v) is 5.96. The molecule has 0 saturated heterocycles. The number of aryl methyl sites for hydroxylation is 2. The van der Waals surface area contributed by atoms with Crippen molar-refractivity contribution in [1.29, 1.82) is 0 Å². The second-order valence-corrected chi connectivity index (χ2v) is 4.49. The van der Waals surface area contributed by atoms with Gasteiger partial charge < -0.3 is 5.32 Å². The lowest BCUT2D eigenvalue weighted by atomic mass is 10.2. The molecule has 1 amide bonds. The summed E-state index contributed by atoms with van der Waals surface area (Å²) in [7, 11) is 1.56. The lowest BCUT2D eigenvalue weighted by Gasteiger charge is -2.03. The number of nitrogens with one attached hydrogen (secondary N) is 1. The largest absolute Gasteiger partial charge is 0.322 e. The molecule has 0 saturated carbocycles. The van der Waals surface area contributed by atoms with Crippen molar-refractivity contribution in [1.82, 2.24) is 9.78 Å². The summed E-state index contributed by atoms with van der Waals surface area (Å²) in [6.07, 6.45) is 0. The first-order chi connectivity index (χ1) is 9.40. The van der Waals surface area contributed by atoms with Gasteiger partial charge in [0.15, 0.2) is 0 Å². The zero-order chi connectivity index (χ0) is 14.9. The number of carbonyl (C=O) groups is 1. The molecule has 0 aliphatic rings. The van der Waals surface area contributed by atoms with E-state index >= 15 is 0 Å². The number of benzene rings is 1. The minimum atomic E-state index is -0.592. The summed E-state index contributed by atoms with van der Waals surface area (Å²) in [5.41, 5.74) is 1.45. The van der Waals surface area contributed by atoms with Crippen LogP contribution in [0.4, 0.5) is 11.4 Å². The number of carbonyl (C=O) groups excluding carboxylic acids is 1. The van der Waals surface area contributed by atoms with Gasteiger partial charge in [0.2, 0.25) is 5.69 Å². The van der Waals surface area contributed by atoms with E-state index < -0.39 is 10.8 Å². The van der Waals surface area contributed by atoms with E-state index in [9.17, 15) is 14.9 Å². The number of hydrogen-bond acceptors (Lipinski definition) is 4. The Morgan fingerprint density at radius 1 is 1.40 bits per heavy atom. The Balaban J connectivity index is 2.35. The fourth-order valence-corrected chi connectivity index (χ4v) is 1.88. The fraction of sp³-hybridized carbons (Fsp3) is 0.231. The molecule has 7 heteroatoms. The Labute approximate surface area is 115 Å². The highest BCUT2D eigenvalue weighted by Crippen LogP contribution is 2.23. The van der Waals surface area contributed by atoms with Gasteiger partial charge in [0.25, 0.3) is 5.91 Å². The van der Waals surface area contributed by atoms with E-state index in [2.05, 4.69) is 10.4 Å². The van der Waals surface area contributed by atoms with Gasteiger partial charge in [0.05, 0.1) is 4.92 Å². The maximum absolute atomic E-state index is 12.1. The van der Waals surface area contributed by atoms with Gasteiger partial charge in [-0.05, 0) is 31.5 Å². The molecule has 1 N–H and O–H groups in total. The van der Waals surface area contributed by atoms with E-state index in [0.717, 1.165) is 5.56 Å². The molecule has 7 nitrogen and oxygen atoms in total. The summed E-state index contributed by atoms with van der Waals surface area (Å²) in [6.45, 7) is 3.44. The molecule has 0 fully saturated rings. The zero-order valence-electron chi connectivity index (χ0n) is 11.4. The maximum Gasteiger partial charge on any atom is 0.322 e. The quantitative estimate of drug-likeness (QED) is 0.686. The number of anilines is 1. The molecule has 0 aliphatic carbocycles. The highest BCUT2D eigenvalue weighted by Gasteiger charge is 2.28. The Morgan fingerprint density at radius 3 is 2.70 bits per heavy atom. The third-order valence-electron chi connectivity index (χ3n) is 2.98. The van der Waals surface area contributed by atoms with Crippen LogP contribution in [0.25, 0.3) is 0 Å². The van der Waals surface area contributed by atoms with Gasteiger partial charge in [-0.25, -0.2) is 0 Å². The Kier molecular flexibility index (Phi) is 3.51. The highest BCUT2D eigenvalue weighted by molar-refractivity contribution is 6.05. The van der Waals surface area contributed by atoms with Crippen molar-refractivity contribution < 1.29 is 9.72 Å². The topological polar surface area (TPSA) is 90.1 Å². The van der Waals surface area contributed by atoms with E-state index in [1.165, 1.54) is 4.68 Å². The van der Waals surface area contributed by atoms with Gasteiger partial charge in [-0.1, -0.05) is 12.1 Å². The average molecular weight is 274 g/mol. The summed E-state index contributed by atoms with van der Waals surface area (Å²) in [4.78, 5) is 22.6. The van der Waals surface area contributed by atoms with Gasteiger partial charge in [-0.2, -0.15) is 5.10 Å². The van der Waals surface area contributed by atoms with Gasteiger partial charge >= 0.3 is 5.69 Å². The molecule has 1 aromatic heterocycles. The second kappa shape index (κ2) is 5.12. The first kappa shape index (κ1) is 13.7. The van der Waals surface area contributed by atoms with Gasteiger partial charge in [0, 0.05) is 12.7 Å². The van der Waals surface area contributed by atoms with Crippen molar-refractivity contribution in [3.63, 3.8) is 0 Å². The molecule has 0 radical (unpaired) electrons. The van der Waals surface area contributed by atoms with Gasteiger partial charge in [0.1, 0.15) is 5.69 Å². The number of rotatable bonds is 3. The smallest absolute Gasteiger partial charge is 0.320 e. The number of nitrogens with zero attached hydrogens (tertiary/aromatic N) is 3. The first-order valence-electron chi connectivity index (χ1n) is 5.96. The molecule has 20 heavy (non-hydrogen) atoms.